The van der Waals surface area contributed by atoms with Crippen molar-refractivity contribution in [3.63, 3.8) is 0 Å². The van der Waals surface area contributed by atoms with Crippen LogP contribution in [0.2, 0.25) is 5.02 Å². The van der Waals surface area contributed by atoms with E-state index in [4.69, 9.17) is 21.1 Å². The first-order valence-electron chi connectivity index (χ1n) is 5.99. The number of halogens is 1. The van der Waals surface area contributed by atoms with Gasteiger partial charge in [-0.3, -0.25) is 4.79 Å². The van der Waals surface area contributed by atoms with Crippen molar-refractivity contribution in [2.75, 3.05) is 19.8 Å². The zero-order valence-corrected chi connectivity index (χ0v) is 10.8. The fraction of sp³-hybridized carbons (Fsp3) is 0.462. The second-order valence-corrected chi connectivity index (χ2v) is 4.66. The van der Waals surface area contributed by atoms with Crippen LogP contribution < -0.4 is 10.1 Å². The highest BCUT2D eigenvalue weighted by Gasteiger charge is 2.16. The van der Waals surface area contributed by atoms with Crippen LogP contribution in [0.1, 0.15) is 12.8 Å². The van der Waals surface area contributed by atoms with Crippen molar-refractivity contribution < 1.29 is 14.3 Å². The smallest absolute Gasteiger partial charge is 0.258 e. The van der Waals surface area contributed by atoms with Crippen LogP contribution in [0.3, 0.4) is 0 Å². The van der Waals surface area contributed by atoms with Crippen LogP contribution in [0.15, 0.2) is 24.3 Å². The molecule has 1 aromatic carbocycles. The first kappa shape index (κ1) is 13.2. The molecular formula is C13H16ClNO3. The Morgan fingerprint density at radius 2 is 2.22 bits per heavy atom. The van der Waals surface area contributed by atoms with E-state index in [1.807, 2.05) is 0 Å². The number of hydrogen-bond donors (Lipinski definition) is 1. The van der Waals surface area contributed by atoms with E-state index >= 15 is 0 Å². The first-order valence-corrected chi connectivity index (χ1v) is 6.37. The van der Waals surface area contributed by atoms with E-state index in [-0.39, 0.29) is 18.6 Å². The van der Waals surface area contributed by atoms with E-state index in [0.717, 1.165) is 19.4 Å². The molecule has 2 rings (SSSR count). The van der Waals surface area contributed by atoms with Gasteiger partial charge in [0.2, 0.25) is 0 Å². The topological polar surface area (TPSA) is 47.6 Å². The van der Waals surface area contributed by atoms with Gasteiger partial charge in [-0.25, -0.2) is 0 Å². The summed E-state index contributed by atoms with van der Waals surface area (Å²) in [4.78, 5) is 11.6. The molecule has 1 aromatic rings. The third-order valence-corrected chi connectivity index (χ3v) is 2.96. The quantitative estimate of drug-likeness (QED) is 0.910. The number of rotatable bonds is 4. The summed E-state index contributed by atoms with van der Waals surface area (Å²) >= 11 is 5.75. The Hall–Kier alpha value is -1.26. The van der Waals surface area contributed by atoms with Gasteiger partial charge >= 0.3 is 0 Å². The van der Waals surface area contributed by atoms with E-state index in [2.05, 4.69) is 5.32 Å². The Bertz CT molecular complexity index is 388. The SMILES string of the molecule is O=C(COc1ccc(Cl)cc1)NC1CCCOC1. The van der Waals surface area contributed by atoms with Gasteiger partial charge in [-0.2, -0.15) is 0 Å². The average molecular weight is 270 g/mol. The Balaban J connectivity index is 1.72. The number of amides is 1. The molecule has 1 fully saturated rings. The summed E-state index contributed by atoms with van der Waals surface area (Å²) in [5.74, 6) is 0.509. The molecule has 1 saturated heterocycles. The third-order valence-electron chi connectivity index (χ3n) is 2.71. The highest BCUT2D eigenvalue weighted by Crippen LogP contribution is 2.15. The summed E-state index contributed by atoms with van der Waals surface area (Å²) in [6.45, 7) is 1.39. The van der Waals surface area contributed by atoms with Crippen LogP contribution >= 0.6 is 11.6 Å². The predicted molar refractivity (Wildman–Crippen MR) is 68.9 cm³/mol. The average Bonchev–Trinajstić information content (AvgIpc) is 2.39. The molecule has 1 aliphatic heterocycles. The largest absolute Gasteiger partial charge is 0.484 e. The number of ether oxygens (including phenoxy) is 2. The molecule has 1 atom stereocenters. The Morgan fingerprint density at radius 3 is 2.89 bits per heavy atom. The van der Waals surface area contributed by atoms with E-state index in [9.17, 15) is 4.79 Å². The van der Waals surface area contributed by atoms with Crippen molar-refractivity contribution >= 4 is 17.5 Å². The number of nitrogens with one attached hydrogen (secondary N) is 1. The van der Waals surface area contributed by atoms with Crippen molar-refractivity contribution in [3.8, 4) is 5.75 Å². The molecule has 1 N–H and O–H groups in total. The lowest BCUT2D eigenvalue weighted by atomic mass is 10.1. The molecule has 0 saturated carbocycles. The molecule has 0 radical (unpaired) electrons. The number of carbonyl (C=O) groups excluding carboxylic acids is 1. The van der Waals surface area contributed by atoms with Crippen LogP contribution in [0.4, 0.5) is 0 Å². The van der Waals surface area contributed by atoms with Gasteiger partial charge in [0.15, 0.2) is 6.61 Å². The van der Waals surface area contributed by atoms with Crippen molar-refractivity contribution in [1.82, 2.24) is 5.32 Å². The fourth-order valence-corrected chi connectivity index (χ4v) is 1.93. The molecular weight excluding hydrogens is 254 g/mol. The third kappa shape index (κ3) is 4.20. The molecule has 0 bridgehead atoms. The zero-order valence-electron chi connectivity index (χ0n) is 10.0. The summed E-state index contributed by atoms with van der Waals surface area (Å²) in [6, 6.07) is 7.03. The van der Waals surface area contributed by atoms with Crippen LogP contribution in [0.5, 0.6) is 5.75 Å². The minimum absolute atomic E-state index is 0.0120. The molecule has 1 amide bonds. The van der Waals surface area contributed by atoms with Gasteiger partial charge in [0.25, 0.3) is 5.91 Å². The van der Waals surface area contributed by atoms with E-state index in [1.165, 1.54) is 0 Å². The number of carbonyl (C=O) groups is 1. The standard InChI is InChI=1S/C13H16ClNO3/c14-10-3-5-12(6-4-10)18-9-13(16)15-11-2-1-7-17-8-11/h3-6,11H,1-2,7-9H2,(H,15,16). The predicted octanol–water partition coefficient (Wildman–Crippen LogP) is 2.01. The Labute approximate surface area is 111 Å². The number of hydrogen-bond acceptors (Lipinski definition) is 3. The summed E-state index contributed by atoms with van der Waals surface area (Å²) in [5.41, 5.74) is 0. The molecule has 0 spiro atoms. The van der Waals surface area contributed by atoms with Gasteiger partial charge in [-0.05, 0) is 37.1 Å². The molecule has 4 nitrogen and oxygen atoms in total. The second kappa shape index (κ2) is 6.61. The summed E-state index contributed by atoms with van der Waals surface area (Å²) in [5, 5.41) is 3.53. The maximum absolute atomic E-state index is 11.6. The van der Waals surface area contributed by atoms with Crippen molar-refractivity contribution in [3.05, 3.63) is 29.3 Å². The highest BCUT2D eigenvalue weighted by atomic mass is 35.5. The van der Waals surface area contributed by atoms with Gasteiger partial charge in [-0.1, -0.05) is 11.6 Å². The van der Waals surface area contributed by atoms with E-state index in [0.29, 0.717) is 17.4 Å². The van der Waals surface area contributed by atoms with Gasteiger partial charge in [0.1, 0.15) is 5.75 Å². The van der Waals surface area contributed by atoms with Crippen molar-refractivity contribution in [2.24, 2.45) is 0 Å². The second-order valence-electron chi connectivity index (χ2n) is 4.22. The van der Waals surface area contributed by atoms with Gasteiger partial charge < -0.3 is 14.8 Å². The molecule has 5 heteroatoms. The molecule has 1 aliphatic rings. The maximum atomic E-state index is 11.6. The van der Waals surface area contributed by atoms with Gasteiger partial charge in [0.05, 0.1) is 12.6 Å². The lowest BCUT2D eigenvalue weighted by Crippen LogP contribution is -2.42. The van der Waals surface area contributed by atoms with E-state index < -0.39 is 0 Å². The minimum Gasteiger partial charge on any atom is -0.484 e. The van der Waals surface area contributed by atoms with Gasteiger partial charge in [0, 0.05) is 11.6 Å². The summed E-state index contributed by atoms with van der Waals surface area (Å²) < 4.78 is 10.6. The van der Waals surface area contributed by atoms with Crippen molar-refractivity contribution in [1.29, 1.82) is 0 Å². The van der Waals surface area contributed by atoms with Crippen LogP contribution in [0, 0.1) is 0 Å². The monoisotopic (exact) mass is 269 g/mol. The molecule has 1 unspecified atom stereocenters. The minimum atomic E-state index is -0.125. The molecule has 1 heterocycles. The molecule has 0 aliphatic carbocycles. The van der Waals surface area contributed by atoms with Crippen LogP contribution in [0.25, 0.3) is 0 Å². The first-order chi connectivity index (χ1) is 8.74. The normalized spacial score (nSPS) is 19.3. The molecule has 18 heavy (non-hydrogen) atoms. The molecule has 98 valence electrons. The summed E-state index contributed by atoms with van der Waals surface area (Å²) in [6.07, 6.45) is 1.95. The number of benzene rings is 1. The fourth-order valence-electron chi connectivity index (χ4n) is 1.80. The maximum Gasteiger partial charge on any atom is 0.258 e. The summed E-state index contributed by atoms with van der Waals surface area (Å²) in [7, 11) is 0. The highest BCUT2D eigenvalue weighted by molar-refractivity contribution is 6.30. The van der Waals surface area contributed by atoms with Crippen molar-refractivity contribution in [2.45, 2.75) is 18.9 Å². The zero-order chi connectivity index (χ0) is 12.8. The lowest BCUT2D eigenvalue weighted by Gasteiger charge is -2.23. The molecule has 0 aromatic heterocycles. The van der Waals surface area contributed by atoms with Crippen LogP contribution in [-0.4, -0.2) is 31.8 Å². The van der Waals surface area contributed by atoms with Crippen LogP contribution in [-0.2, 0) is 9.53 Å². The Kier molecular flexibility index (Phi) is 4.84. The Morgan fingerprint density at radius 1 is 1.44 bits per heavy atom. The van der Waals surface area contributed by atoms with E-state index in [1.54, 1.807) is 24.3 Å². The lowest BCUT2D eigenvalue weighted by molar-refractivity contribution is -0.124. The van der Waals surface area contributed by atoms with Gasteiger partial charge in [-0.15, -0.1) is 0 Å².